The fraction of sp³-hybridized carbons (Fsp3) is 0.0870. The van der Waals surface area contributed by atoms with E-state index in [-0.39, 0.29) is 18.0 Å². The summed E-state index contributed by atoms with van der Waals surface area (Å²) in [7, 11) is 0. The van der Waals surface area contributed by atoms with Crippen LogP contribution in [0.1, 0.15) is 32.0 Å². The third-order valence-electron chi connectivity index (χ3n) is 4.53. The van der Waals surface area contributed by atoms with Gasteiger partial charge in [-0.15, -0.1) is 0 Å². The second-order valence-corrected chi connectivity index (χ2v) is 6.67. The lowest BCUT2D eigenvalue weighted by Crippen LogP contribution is -2.17. The summed E-state index contributed by atoms with van der Waals surface area (Å²) in [5.41, 5.74) is 3.10. The molecule has 0 saturated heterocycles. The summed E-state index contributed by atoms with van der Waals surface area (Å²) in [4.78, 5) is 25.6. The van der Waals surface area contributed by atoms with Crippen molar-refractivity contribution >= 4 is 17.5 Å². The SMILES string of the molecule is Cc1ccc(CC(=O)c2cnn(-c3ccccc3)c2NC(=O)c2ccco2)cc1. The number of benzene rings is 2. The first-order valence-corrected chi connectivity index (χ1v) is 9.19. The number of aryl methyl sites for hydroxylation is 1. The van der Waals surface area contributed by atoms with E-state index in [1.54, 1.807) is 16.8 Å². The molecule has 0 saturated carbocycles. The van der Waals surface area contributed by atoms with Crippen LogP contribution in [0.2, 0.25) is 0 Å². The van der Waals surface area contributed by atoms with Crippen molar-refractivity contribution in [2.45, 2.75) is 13.3 Å². The summed E-state index contributed by atoms with van der Waals surface area (Å²) in [6, 6.07) is 20.3. The molecule has 1 amide bonds. The van der Waals surface area contributed by atoms with E-state index in [2.05, 4.69) is 10.4 Å². The van der Waals surface area contributed by atoms with Crippen molar-refractivity contribution in [2.75, 3.05) is 5.32 Å². The van der Waals surface area contributed by atoms with E-state index in [9.17, 15) is 9.59 Å². The Kier molecular flexibility index (Phi) is 5.07. The van der Waals surface area contributed by atoms with Gasteiger partial charge in [-0.1, -0.05) is 48.0 Å². The van der Waals surface area contributed by atoms with Gasteiger partial charge in [0.15, 0.2) is 11.5 Å². The molecule has 1 N–H and O–H groups in total. The molecule has 0 aliphatic carbocycles. The number of ketones is 1. The highest BCUT2D eigenvalue weighted by Crippen LogP contribution is 2.23. The molecule has 4 aromatic rings. The minimum Gasteiger partial charge on any atom is -0.459 e. The second kappa shape index (κ2) is 7.98. The van der Waals surface area contributed by atoms with E-state index in [1.165, 1.54) is 12.5 Å². The van der Waals surface area contributed by atoms with Gasteiger partial charge in [0.1, 0.15) is 5.82 Å². The number of carbonyl (C=O) groups is 2. The van der Waals surface area contributed by atoms with E-state index >= 15 is 0 Å². The third-order valence-corrected chi connectivity index (χ3v) is 4.53. The Labute approximate surface area is 167 Å². The maximum Gasteiger partial charge on any atom is 0.292 e. The van der Waals surface area contributed by atoms with Crippen LogP contribution in [0.3, 0.4) is 0 Å². The van der Waals surface area contributed by atoms with Crippen molar-refractivity contribution in [3.8, 4) is 5.69 Å². The maximum atomic E-state index is 13.0. The Hall–Kier alpha value is -3.93. The Balaban J connectivity index is 1.69. The molecule has 29 heavy (non-hydrogen) atoms. The smallest absolute Gasteiger partial charge is 0.292 e. The van der Waals surface area contributed by atoms with Crippen molar-refractivity contribution < 1.29 is 14.0 Å². The molecular formula is C23H19N3O3. The van der Waals surface area contributed by atoms with Gasteiger partial charge in [0.05, 0.1) is 23.7 Å². The Morgan fingerprint density at radius 1 is 1.00 bits per heavy atom. The second-order valence-electron chi connectivity index (χ2n) is 6.67. The van der Waals surface area contributed by atoms with Crippen LogP contribution >= 0.6 is 0 Å². The molecule has 0 fully saturated rings. The van der Waals surface area contributed by atoms with Crippen LogP contribution in [0.4, 0.5) is 5.82 Å². The van der Waals surface area contributed by atoms with Crippen LogP contribution < -0.4 is 5.32 Å². The van der Waals surface area contributed by atoms with Gasteiger partial charge >= 0.3 is 0 Å². The number of amides is 1. The predicted octanol–water partition coefficient (Wildman–Crippen LogP) is 4.45. The molecule has 4 rings (SSSR count). The number of hydrogen-bond donors (Lipinski definition) is 1. The summed E-state index contributed by atoms with van der Waals surface area (Å²) < 4.78 is 6.72. The number of rotatable bonds is 6. The van der Waals surface area contributed by atoms with Crippen LogP contribution in [-0.4, -0.2) is 21.5 Å². The van der Waals surface area contributed by atoms with Crippen LogP contribution in [0.25, 0.3) is 5.69 Å². The zero-order chi connectivity index (χ0) is 20.2. The number of carbonyl (C=O) groups excluding carboxylic acids is 2. The number of aromatic nitrogens is 2. The standard InChI is InChI=1S/C23H19N3O3/c1-16-9-11-17(12-10-16)14-20(27)19-15-24-26(18-6-3-2-4-7-18)22(19)25-23(28)21-8-5-13-29-21/h2-13,15H,14H2,1H3,(H,25,28). The van der Waals surface area contributed by atoms with Crippen molar-refractivity contribution in [1.82, 2.24) is 9.78 Å². The number of anilines is 1. The molecule has 0 radical (unpaired) electrons. The van der Waals surface area contributed by atoms with Gasteiger partial charge in [0, 0.05) is 6.42 Å². The molecule has 0 unspecified atom stereocenters. The van der Waals surface area contributed by atoms with Gasteiger partial charge in [-0.25, -0.2) is 4.68 Å². The topological polar surface area (TPSA) is 77.1 Å². The van der Waals surface area contributed by atoms with Crippen molar-refractivity contribution in [3.63, 3.8) is 0 Å². The fourth-order valence-corrected chi connectivity index (χ4v) is 3.00. The van der Waals surface area contributed by atoms with Crippen LogP contribution in [0.5, 0.6) is 0 Å². The first-order valence-electron chi connectivity index (χ1n) is 9.19. The molecular weight excluding hydrogens is 366 g/mol. The first kappa shape index (κ1) is 18.4. The van der Waals surface area contributed by atoms with E-state index in [4.69, 9.17) is 4.42 Å². The zero-order valence-electron chi connectivity index (χ0n) is 15.8. The van der Waals surface area contributed by atoms with Crippen LogP contribution in [0.15, 0.2) is 83.6 Å². The molecule has 0 aliphatic rings. The van der Waals surface area contributed by atoms with Gasteiger partial charge in [-0.2, -0.15) is 5.10 Å². The van der Waals surface area contributed by atoms with Crippen molar-refractivity contribution in [2.24, 2.45) is 0 Å². The summed E-state index contributed by atoms with van der Waals surface area (Å²) in [6.45, 7) is 2.00. The molecule has 0 aliphatic heterocycles. The average molecular weight is 385 g/mol. The number of hydrogen-bond acceptors (Lipinski definition) is 4. The summed E-state index contributed by atoms with van der Waals surface area (Å²) >= 11 is 0. The van der Waals surface area contributed by atoms with E-state index in [0.29, 0.717) is 11.4 Å². The zero-order valence-corrected chi connectivity index (χ0v) is 15.8. The normalized spacial score (nSPS) is 10.7. The molecule has 6 heteroatoms. The molecule has 144 valence electrons. The van der Waals surface area contributed by atoms with E-state index < -0.39 is 5.91 Å². The van der Waals surface area contributed by atoms with Gasteiger partial charge in [-0.3, -0.25) is 9.59 Å². The minimum absolute atomic E-state index is 0.134. The molecule has 2 aromatic carbocycles. The molecule has 0 atom stereocenters. The maximum absolute atomic E-state index is 13.0. The predicted molar refractivity (Wildman–Crippen MR) is 109 cm³/mol. The van der Waals surface area contributed by atoms with E-state index in [1.807, 2.05) is 61.5 Å². The number of furan rings is 1. The van der Waals surface area contributed by atoms with E-state index in [0.717, 1.165) is 16.8 Å². The van der Waals surface area contributed by atoms with Crippen LogP contribution in [-0.2, 0) is 6.42 Å². The average Bonchev–Trinajstić information content (AvgIpc) is 3.41. The Morgan fingerprint density at radius 2 is 1.76 bits per heavy atom. The molecule has 0 spiro atoms. The number of nitrogens with zero attached hydrogens (tertiary/aromatic N) is 2. The van der Waals surface area contributed by atoms with Gasteiger partial charge in [0.25, 0.3) is 5.91 Å². The number of para-hydroxylation sites is 1. The summed E-state index contributed by atoms with van der Waals surface area (Å²) in [6.07, 6.45) is 3.12. The lowest BCUT2D eigenvalue weighted by molar-refractivity contribution is 0.0994. The van der Waals surface area contributed by atoms with Crippen molar-refractivity contribution in [1.29, 1.82) is 0 Å². The largest absolute Gasteiger partial charge is 0.459 e. The quantitative estimate of drug-likeness (QED) is 0.498. The lowest BCUT2D eigenvalue weighted by Gasteiger charge is -2.10. The van der Waals surface area contributed by atoms with Gasteiger partial charge in [-0.05, 0) is 36.8 Å². The monoisotopic (exact) mass is 385 g/mol. The Morgan fingerprint density at radius 3 is 2.45 bits per heavy atom. The highest BCUT2D eigenvalue weighted by Gasteiger charge is 2.22. The van der Waals surface area contributed by atoms with Crippen molar-refractivity contribution in [3.05, 3.63) is 102 Å². The number of nitrogens with one attached hydrogen (secondary N) is 1. The minimum atomic E-state index is -0.447. The first-order chi connectivity index (χ1) is 14.1. The summed E-state index contributed by atoms with van der Waals surface area (Å²) in [5.74, 6) is -0.111. The fourth-order valence-electron chi connectivity index (χ4n) is 3.00. The molecule has 2 aromatic heterocycles. The van der Waals surface area contributed by atoms with Gasteiger partial charge < -0.3 is 9.73 Å². The third kappa shape index (κ3) is 4.01. The highest BCUT2D eigenvalue weighted by atomic mass is 16.3. The molecule has 2 heterocycles. The molecule has 0 bridgehead atoms. The van der Waals surface area contributed by atoms with Gasteiger partial charge in [0.2, 0.25) is 0 Å². The number of Topliss-reactive ketones (excluding diaryl/α,β-unsaturated/α-hetero) is 1. The van der Waals surface area contributed by atoms with Crippen LogP contribution in [0, 0.1) is 6.92 Å². The lowest BCUT2D eigenvalue weighted by atomic mass is 10.0. The molecule has 6 nitrogen and oxygen atoms in total. The highest BCUT2D eigenvalue weighted by molar-refractivity contribution is 6.08. The Bertz CT molecular complexity index is 1130. The summed E-state index contributed by atoms with van der Waals surface area (Å²) in [5, 5.41) is 7.13.